The normalized spacial score (nSPS) is 34.8. The Morgan fingerprint density at radius 3 is 2.62 bits per heavy atom. The molecule has 0 aliphatic heterocycles. The Balaban J connectivity index is 2.26. The molecule has 46 valence electrons. The first-order valence-electron chi connectivity index (χ1n) is 2.65. The van der Waals surface area contributed by atoms with Crippen molar-refractivity contribution in [2.45, 2.75) is 19.4 Å². The van der Waals surface area contributed by atoms with Crippen molar-refractivity contribution in [3.63, 3.8) is 0 Å². The standard InChI is InChI=1S/C5H9NO2/c1-3(7)4-2-5(4)6-8/h4-6,8H,2H2,1H3. The molecule has 1 aliphatic carbocycles. The van der Waals surface area contributed by atoms with Crippen LogP contribution in [0.15, 0.2) is 0 Å². The molecule has 0 amide bonds. The number of hydrogen-bond donors (Lipinski definition) is 2. The molecule has 0 aromatic heterocycles. The van der Waals surface area contributed by atoms with Gasteiger partial charge in [0.1, 0.15) is 5.78 Å². The summed E-state index contributed by atoms with van der Waals surface area (Å²) in [5, 5.41) is 8.22. The van der Waals surface area contributed by atoms with Crippen LogP contribution in [-0.2, 0) is 4.79 Å². The third kappa shape index (κ3) is 0.877. The SMILES string of the molecule is CC(=O)C1CC1NO. The molecule has 0 saturated heterocycles. The van der Waals surface area contributed by atoms with Crippen molar-refractivity contribution in [1.82, 2.24) is 5.48 Å². The van der Waals surface area contributed by atoms with E-state index >= 15 is 0 Å². The maximum absolute atomic E-state index is 10.4. The van der Waals surface area contributed by atoms with Gasteiger partial charge in [0.2, 0.25) is 0 Å². The maximum atomic E-state index is 10.4. The molecule has 0 bridgehead atoms. The fourth-order valence-electron chi connectivity index (χ4n) is 0.787. The first-order valence-corrected chi connectivity index (χ1v) is 2.65. The van der Waals surface area contributed by atoms with E-state index in [4.69, 9.17) is 5.21 Å². The number of carbonyl (C=O) groups is 1. The predicted octanol–water partition coefficient (Wildman–Crippen LogP) is -0.0573. The van der Waals surface area contributed by atoms with E-state index in [9.17, 15) is 4.79 Å². The highest BCUT2D eigenvalue weighted by atomic mass is 16.5. The minimum absolute atomic E-state index is 0.0486. The second kappa shape index (κ2) is 1.84. The third-order valence-electron chi connectivity index (χ3n) is 1.48. The van der Waals surface area contributed by atoms with Gasteiger partial charge in [-0.2, -0.15) is 0 Å². The second-order valence-corrected chi connectivity index (χ2v) is 2.19. The molecule has 3 nitrogen and oxygen atoms in total. The Morgan fingerprint density at radius 2 is 2.50 bits per heavy atom. The molecular formula is C5H9NO2. The van der Waals surface area contributed by atoms with Crippen LogP contribution in [0.2, 0.25) is 0 Å². The summed E-state index contributed by atoms with van der Waals surface area (Å²) in [7, 11) is 0. The largest absolute Gasteiger partial charge is 0.317 e. The highest BCUT2D eigenvalue weighted by molar-refractivity contribution is 5.81. The smallest absolute Gasteiger partial charge is 0.134 e. The summed E-state index contributed by atoms with van der Waals surface area (Å²) in [6.45, 7) is 1.54. The van der Waals surface area contributed by atoms with Crippen LogP contribution in [0.5, 0.6) is 0 Å². The molecule has 0 aromatic carbocycles. The second-order valence-electron chi connectivity index (χ2n) is 2.19. The highest BCUT2D eigenvalue weighted by Crippen LogP contribution is 2.30. The summed E-state index contributed by atoms with van der Waals surface area (Å²) in [4.78, 5) is 10.4. The number of carbonyl (C=O) groups excluding carboxylic acids is 1. The van der Waals surface area contributed by atoms with Crippen LogP contribution in [0, 0.1) is 5.92 Å². The molecule has 0 radical (unpaired) electrons. The molecule has 3 heteroatoms. The maximum Gasteiger partial charge on any atom is 0.134 e. The van der Waals surface area contributed by atoms with Crippen LogP contribution < -0.4 is 5.48 Å². The van der Waals surface area contributed by atoms with Crippen LogP contribution in [0.25, 0.3) is 0 Å². The Bertz CT molecular complexity index is 113. The van der Waals surface area contributed by atoms with Crippen molar-refractivity contribution in [1.29, 1.82) is 0 Å². The molecule has 1 rings (SSSR count). The van der Waals surface area contributed by atoms with Gasteiger partial charge < -0.3 is 5.21 Å². The van der Waals surface area contributed by atoms with E-state index in [0.717, 1.165) is 6.42 Å². The Labute approximate surface area is 47.7 Å². The molecule has 0 spiro atoms. The average molecular weight is 115 g/mol. The lowest BCUT2D eigenvalue weighted by Gasteiger charge is -1.88. The number of nitrogens with one attached hydrogen (secondary N) is 1. The van der Waals surface area contributed by atoms with E-state index in [1.54, 1.807) is 6.92 Å². The van der Waals surface area contributed by atoms with Gasteiger partial charge in [-0.25, -0.2) is 5.48 Å². The number of hydroxylamine groups is 1. The van der Waals surface area contributed by atoms with Crippen molar-refractivity contribution in [3.8, 4) is 0 Å². The molecule has 1 fully saturated rings. The predicted molar refractivity (Wildman–Crippen MR) is 27.5 cm³/mol. The number of Topliss-reactive ketones (excluding diaryl/α,β-unsaturated/α-hetero) is 1. The van der Waals surface area contributed by atoms with Gasteiger partial charge in [0.05, 0.1) is 0 Å². The van der Waals surface area contributed by atoms with Crippen LogP contribution >= 0.6 is 0 Å². The molecule has 2 unspecified atom stereocenters. The lowest BCUT2D eigenvalue weighted by Crippen LogP contribution is -2.14. The van der Waals surface area contributed by atoms with E-state index < -0.39 is 0 Å². The van der Waals surface area contributed by atoms with Gasteiger partial charge in [0.15, 0.2) is 0 Å². The quantitative estimate of drug-likeness (QED) is 0.496. The van der Waals surface area contributed by atoms with Gasteiger partial charge in [0.25, 0.3) is 0 Å². The fraction of sp³-hybridized carbons (Fsp3) is 0.800. The van der Waals surface area contributed by atoms with E-state index in [0.29, 0.717) is 0 Å². The lowest BCUT2D eigenvalue weighted by molar-refractivity contribution is -0.118. The first-order chi connectivity index (χ1) is 3.75. The Morgan fingerprint density at radius 1 is 1.88 bits per heavy atom. The zero-order chi connectivity index (χ0) is 6.15. The minimum atomic E-state index is 0.0486. The zero-order valence-corrected chi connectivity index (χ0v) is 4.72. The summed E-state index contributed by atoms with van der Waals surface area (Å²) in [5.41, 5.74) is 2.05. The number of hydrogen-bond acceptors (Lipinski definition) is 3. The summed E-state index contributed by atoms with van der Waals surface area (Å²) >= 11 is 0. The van der Waals surface area contributed by atoms with Gasteiger partial charge in [0, 0.05) is 12.0 Å². The summed E-state index contributed by atoms with van der Waals surface area (Å²) < 4.78 is 0. The molecule has 1 aliphatic rings. The van der Waals surface area contributed by atoms with E-state index in [1.807, 2.05) is 5.48 Å². The van der Waals surface area contributed by atoms with Crippen molar-refractivity contribution in [2.75, 3.05) is 0 Å². The molecule has 8 heavy (non-hydrogen) atoms. The van der Waals surface area contributed by atoms with Crippen LogP contribution in [0.1, 0.15) is 13.3 Å². The van der Waals surface area contributed by atoms with Gasteiger partial charge in [-0.15, -0.1) is 0 Å². The third-order valence-corrected chi connectivity index (χ3v) is 1.48. The van der Waals surface area contributed by atoms with Gasteiger partial charge in [-0.1, -0.05) is 0 Å². The first kappa shape index (κ1) is 5.72. The fourth-order valence-corrected chi connectivity index (χ4v) is 0.787. The van der Waals surface area contributed by atoms with Gasteiger partial charge in [-0.05, 0) is 13.3 Å². The van der Waals surface area contributed by atoms with Crippen molar-refractivity contribution in [2.24, 2.45) is 5.92 Å². The topological polar surface area (TPSA) is 49.3 Å². The van der Waals surface area contributed by atoms with Gasteiger partial charge in [-0.3, -0.25) is 4.79 Å². The van der Waals surface area contributed by atoms with Crippen molar-refractivity contribution in [3.05, 3.63) is 0 Å². The van der Waals surface area contributed by atoms with Gasteiger partial charge >= 0.3 is 0 Å². The van der Waals surface area contributed by atoms with Crippen LogP contribution in [-0.4, -0.2) is 17.0 Å². The monoisotopic (exact) mass is 115 g/mol. The van der Waals surface area contributed by atoms with Crippen LogP contribution in [0.3, 0.4) is 0 Å². The number of rotatable bonds is 2. The highest BCUT2D eigenvalue weighted by Gasteiger charge is 2.40. The zero-order valence-electron chi connectivity index (χ0n) is 4.72. The van der Waals surface area contributed by atoms with E-state index in [1.165, 1.54) is 0 Å². The molecular weight excluding hydrogens is 106 g/mol. The minimum Gasteiger partial charge on any atom is -0.317 e. The Hall–Kier alpha value is -0.410. The molecule has 2 N–H and O–H groups in total. The summed E-state index contributed by atoms with van der Waals surface area (Å²) in [5.74, 6) is 0.247. The van der Waals surface area contributed by atoms with E-state index in [2.05, 4.69) is 0 Å². The molecule has 1 saturated carbocycles. The summed E-state index contributed by atoms with van der Waals surface area (Å²) in [6, 6.07) is 0.0486. The lowest BCUT2D eigenvalue weighted by atomic mass is 10.3. The summed E-state index contributed by atoms with van der Waals surface area (Å²) in [6.07, 6.45) is 0.797. The average Bonchev–Trinajstić information content (AvgIpc) is 2.42. The molecule has 2 atom stereocenters. The van der Waals surface area contributed by atoms with E-state index in [-0.39, 0.29) is 17.7 Å². The Kier molecular flexibility index (Phi) is 1.31. The molecule has 0 heterocycles. The van der Waals surface area contributed by atoms with Crippen molar-refractivity contribution < 1.29 is 10.0 Å². The van der Waals surface area contributed by atoms with Crippen molar-refractivity contribution >= 4 is 5.78 Å². The number of ketones is 1. The molecule has 0 aromatic rings. The van der Waals surface area contributed by atoms with Crippen LogP contribution in [0.4, 0.5) is 0 Å².